The summed E-state index contributed by atoms with van der Waals surface area (Å²) in [7, 11) is -3.99. The monoisotopic (exact) mass is 565 g/mol. The average Bonchev–Trinajstić information content (AvgIpc) is 2.90. The number of rotatable bonds is 7. The van der Waals surface area contributed by atoms with Gasteiger partial charge in [0.25, 0.3) is 5.91 Å². The number of carbonyl (C=O) groups is 1. The maximum absolute atomic E-state index is 13.7. The second-order valence-corrected chi connectivity index (χ2v) is 12.3. The summed E-state index contributed by atoms with van der Waals surface area (Å²) >= 11 is 1.64. The minimum atomic E-state index is -3.99. The van der Waals surface area contributed by atoms with Crippen LogP contribution in [-0.2, 0) is 21.4 Å². The standard InChI is InChI=1S/C26H31N3O5S2.ClH/c1-2-3-18-34-22-9-11-23(12-10-22)36(32,33)29-17-19-35-26(24(29)25(30)27-31)13-15-28(16-14-26)20-21-7-5-4-6-8-21;/h4-12,24,31H,13-20H2,1H3,(H,27,30);1H. The predicted octanol–water partition coefficient (Wildman–Crippen LogP) is 3.16. The fourth-order valence-electron chi connectivity index (χ4n) is 4.88. The van der Waals surface area contributed by atoms with Crippen LogP contribution < -0.4 is 10.2 Å². The van der Waals surface area contributed by atoms with Gasteiger partial charge in [-0.3, -0.25) is 14.9 Å². The first kappa shape index (κ1) is 29.3. The van der Waals surface area contributed by atoms with Crippen molar-refractivity contribution >= 4 is 40.1 Å². The van der Waals surface area contributed by atoms with E-state index in [1.165, 1.54) is 22.0 Å². The number of ether oxygens (including phenoxy) is 1. The summed E-state index contributed by atoms with van der Waals surface area (Å²) < 4.78 is 33.5. The molecule has 2 saturated heterocycles. The summed E-state index contributed by atoms with van der Waals surface area (Å²) in [6.07, 6.45) is 1.28. The van der Waals surface area contributed by atoms with Gasteiger partial charge < -0.3 is 4.74 Å². The second-order valence-electron chi connectivity index (χ2n) is 8.86. The molecule has 1 atom stereocenters. The zero-order valence-corrected chi connectivity index (χ0v) is 23.1. The van der Waals surface area contributed by atoms with Crippen LogP contribution in [0.4, 0.5) is 0 Å². The summed E-state index contributed by atoms with van der Waals surface area (Å²) in [5.41, 5.74) is 2.96. The number of benzene rings is 2. The maximum atomic E-state index is 13.7. The number of nitrogens with one attached hydrogen (secondary N) is 1. The molecule has 4 rings (SSSR count). The van der Waals surface area contributed by atoms with Crippen LogP contribution in [0.1, 0.15) is 25.3 Å². The van der Waals surface area contributed by atoms with Crippen LogP contribution in [0.15, 0.2) is 59.5 Å². The number of piperidine rings is 1. The molecule has 0 radical (unpaired) electrons. The normalized spacial score (nSPS) is 19.8. The van der Waals surface area contributed by atoms with E-state index in [2.05, 4.69) is 28.9 Å². The van der Waals surface area contributed by atoms with Crippen molar-refractivity contribution in [1.29, 1.82) is 0 Å². The molecule has 1 amide bonds. The van der Waals surface area contributed by atoms with Gasteiger partial charge in [-0.05, 0) is 62.7 Å². The van der Waals surface area contributed by atoms with E-state index in [4.69, 9.17) is 4.74 Å². The molecule has 2 aliphatic heterocycles. The van der Waals surface area contributed by atoms with Crippen LogP contribution in [0, 0.1) is 11.8 Å². The highest BCUT2D eigenvalue weighted by Gasteiger charge is 2.54. The highest BCUT2D eigenvalue weighted by Crippen LogP contribution is 2.46. The number of nitrogens with zero attached hydrogens (tertiary/aromatic N) is 2. The molecular formula is C26H32ClN3O5S2. The molecule has 2 aromatic rings. The highest BCUT2D eigenvalue weighted by atomic mass is 35.5. The lowest BCUT2D eigenvalue weighted by molar-refractivity contribution is -0.135. The Morgan fingerprint density at radius 2 is 1.81 bits per heavy atom. The Bertz CT molecular complexity index is 1210. The lowest BCUT2D eigenvalue weighted by atomic mass is 9.87. The molecule has 0 aromatic heterocycles. The van der Waals surface area contributed by atoms with E-state index in [0.717, 1.165) is 19.6 Å². The molecule has 0 saturated carbocycles. The number of hydrogen-bond acceptors (Lipinski definition) is 7. The van der Waals surface area contributed by atoms with Crippen molar-refractivity contribution in [3.8, 4) is 17.6 Å². The smallest absolute Gasteiger partial charge is 0.263 e. The van der Waals surface area contributed by atoms with Crippen molar-refractivity contribution in [2.24, 2.45) is 0 Å². The van der Waals surface area contributed by atoms with E-state index < -0.39 is 26.7 Å². The molecule has 2 fully saturated rings. The van der Waals surface area contributed by atoms with Gasteiger partial charge in [-0.15, -0.1) is 18.3 Å². The van der Waals surface area contributed by atoms with Crippen LogP contribution in [0.3, 0.4) is 0 Å². The van der Waals surface area contributed by atoms with E-state index in [0.29, 0.717) is 24.3 Å². The number of carbonyl (C=O) groups excluding carboxylic acids is 1. The number of likely N-dealkylation sites (tertiary alicyclic amines) is 1. The SMILES string of the molecule is CC#CCOc1ccc(S(=O)(=O)N2CCSC3(CCN(Cc4ccccc4)CC3)C2C(=O)NO)cc1.Cl. The largest absolute Gasteiger partial charge is 0.481 e. The van der Waals surface area contributed by atoms with Gasteiger partial charge in [0.2, 0.25) is 10.0 Å². The third-order valence-electron chi connectivity index (χ3n) is 6.72. The fraction of sp³-hybridized carbons (Fsp3) is 0.423. The summed E-state index contributed by atoms with van der Waals surface area (Å²) in [4.78, 5) is 15.4. The number of sulfonamides is 1. The first-order chi connectivity index (χ1) is 17.4. The fourth-order valence-corrected chi connectivity index (χ4v) is 8.28. The van der Waals surface area contributed by atoms with Gasteiger partial charge in [0.05, 0.1) is 4.90 Å². The molecule has 0 aliphatic carbocycles. The summed E-state index contributed by atoms with van der Waals surface area (Å²) in [6.45, 7) is 4.39. The molecule has 2 aliphatic rings. The molecule has 11 heteroatoms. The van der Waals surface area contributed by atoms with Crippen molar-refractivity contribution in [3.05, 3.63) is 60.2 Å². The Morgan fingerprint density at radius 3 is 2.43 bits per heavy atom. The number of hydroxylamine groups is 1. The Labute approximate surface area is 229 Å². The van der Waals surface area contributed by atoms with Crippen molar-refractivity contribution in [2.45, 2.75) is 42.0 Å². The summed E-state index contributed by atoms with van der Waals surface area (Å²) in [6, 6.07) is 15.3. The van der Waals surface area contributed by atoms with Crippen molar-refractivity contribution in [1.82, 2.24) is 14.7 Å². The average molecular weight is 566 g/mol. The molecule has 37 heavy (non-hydrogen) atoms. The third kappa shape index (κ3) is 6.60. The minimum absolute atomic E-state index is 0. The van der Waals surface area contributed by atoms with E-state index in [1.54, 1.807) is 36.3 Å². The quantitative estimate of drug-likeness (QED) is 0.302. The Balaban J connectivity index is 0.00000380. The molecule has 2 heterocycles. The van der Waals surface area contributed by atoms with Gasteiger partial charge in [0.15, 0.2) is 0 Å². The van der Waals surface area contributed by atoms with E-state index >= 15 is 0 Å². The summed E-state index contributed by atoms with van der Waals surface area (Å²) in [5.74, 6) is 5.93. The summed E-state index contributed by atoms with van der Waals surface area (Å²) in [5, 5.41) is 9.57. The second kappa shape index (κ2) is 13.0. The van der Waals surface area contributed by atoms with Gasteiger partial charge >= 0.3 is 0 Å². The van der Waals surface area contributed by atoms with Crippen LogP contribution in [0.5, 0.6) is 5.75 Å². The number of hydrogen-bond donors (Lipinski definition) is 2. The Morgan fingerprint density at radius 1 is 1.14 bits per heavy atom. The van der Waals surface area contributed by atoms with Gasteiger partial charge in [0, 0.05) is 23.6 Å². The van der Waals surface area contributed by atoms with Crippen LogP contribution in [0.2, 0.25) is 0 Å². The number of halogens is 1. The Hall–Kier alpha value is -2.26. The molecule has 1 unspecified atom stereocenters. The molecular weight excluding hydrogens is 534 g/mol. The van der Waals surface area contributed by atoms with Crippen LogP contribution in [0.25, 0.3) is 0 Å². The number of thioether (sulfide) groups is 1. The van der Waals surface area contributed by atoms with Crippen molar-refractivity contribution in [2.75, 3.05) is 32.0 Å². The maximum Gasteiger partial charge on any atom is 0.263 e. The van der Waals surface area contributed by atoms with Crippen LogP contribution >= 0.6 is 24.2 Å². The van der Waals surface area contributed by atoms with Crippen molar-refractivity contribution < 1.29 is 23.2 Å². The zero-order valence-electron chi connectivity index (χ0n) is 20.6. The highest BCUT2D eigenvalue weighted by molar-refractivity contribution is 8.01. The van der Waals surface area contributed by atoms with Gasteiger partial charge in [-0.1, -0.05) is 36.3 Å². The van der Waals surface area contributed by atoms with Crippen molar-refractivity contribution in [3.63, 3.8) is 0 Å². The number of amides is 1. The molecule has 1 spiro atoms. The lowest BCUT2D eigenvalue weighted by Crippen LogP contribution is -2.65. The minimum Gasteiger partial charge on any atom is -0.481 e. The predicted molar refractivity (Wildman–Crippen MR) is 146 cm³/mol. The zero-order chi connectivity index (χ0) is 25.6. The van der Waals surface area contributed by atoms with Gasteiger partial charge in [-0.2, -0.15) is 16.1 Å². The molecule has 200 valence electrons. The molecule has 2 aromatic carbocycles. The van der Waals surface area contributed by atoms with Gasteiger partial charge in [-0.25, -0.2) is 13.9 Å². The Kier molecular flexibility index (Phi) is 10.3. The van der Waals surface area contributed by atoms with E-state index in [1.807, 2.05) is 18.2 Å². The van der Waals surface area contributed by atoms with E-state index in [9.17, 15) is 18.4 Å². The topological polar surface area (TPSA) is 99.2 Å². The molecule has 8 nitrogen and oxygen atoms in total. The lowest BCUT2D eigenvalue weighted by Gasteiger charge is -2.51. The van der Waals surface area contributed by atoms with E-state index in [-0.39, 0.29) is 30.5 Å². The molecule has 0 bridgehead atoms. The van der Waals surface area contributed by atoms with Gasteiger partial charge in [0.1, 0.15) is 18.4 Å². The third-order valence-corrected chi connectivity index (χ3v) is 10.2. The van der Waals surface area contributed by atoms with Crippen LogP contribution in [-0.4, -0.2) is 71.5 Å². The molecule has 2 N–H and O–H groups in total. The first-order valence-electron chi connectivity index (χ1n) is 11.9. The first-order valence-corrected chi connectivity index (χ1v) is 14.3.